The molecule has 6 heteroatoms. The van der Waals surface area contributed by atoms with Gasteiger partial charge in [-0.3, -0.25) is 4.79 Å². The Kier molecular flexibility index (Phi) is 4.80. The van der Waals surface area contributed by atoms with E-state index in [0.717, 1.165) is 12.5 Å². The molecule has 0 bridgehead atoms. The quantitative estimate of drug-likeness (QED) is 0.914. The van der Waals surface area contributed by atoms with E-state index in [1.165, 1.54) is 24.1 Å². The molecule has 0 aromatic heterocycles. The number of hydrogen-bond donors (Lipinski definition) is 1. The first-order chi connectivity index (χ1) is 8.81. The van der Waals surface area contributed by atoms with Gasteiger partial charge in [0.05, 0.1) is 5.56 Å². The van der Waals surface area contributed by atoms with Crippen LogP contribution in [0.1, 0.15) is 29.3 Å². The van der Waals surface area contributed by atoms with Crippen LogP contribution in [0, 0.1) is 0 Å². The Morgan fingerprint density at radius 2 is 2.00 bits per heavy atom. The molecule has 0 spiro atoms. The molecule has 0 saturated carbocycles. The predicted molar refractivity (Wildman–Crippen MR) is 68.2 cm³/mol. The van der Waals surface area contributed by atoms with Crippen LogP contribution >= 0.6 is 0 Å². The summed E-state index contributed by atoms with van der Waals surface area (Å²) in [5.41, 5.74) is -0.824. The molecule has 0 heterocycles. The normalized spacial score (nSPS) is 11.3. The number of halogens is 3. The number of hydrogen-bond acceptors (Lipinski definition) is 2. The zero-order valence-corrected chi connectivity index (χ0v) is 11.1. The van der Waals surface area contributed by atoms with Gasteiger partial charge in [-0.2, -0.15) is 13.2 Å². The Morgan fingerprint density at radius 3 is 2.47 bits per heavy atom. The molecule has 1 aromatic carbocycles. The van der Waals surface area contributed by atoms with Gasteiger partial charge < -0.3 is 10.2 Å². The summed E-state index contributed by atoms with van der Waals surface area (Å²) in [6.45, 7) is 2.41. The number of alkyl halides is 3. The van der Waals surface area contributed by atoms with Crippen molar-refractivity contribution in [1.82, 2.24) is 4.90 Å². The van der Waals surface area contributed by atoms with Crippen LogP contribution in [-0.2, 0) is 6.18 Å². The van der Waals surface area contributed by atoms with Crippen molar-refractivity contribution in [3.8, 4) is 0 Å². The minimum atomic E-state index is -4.49. The lowest BCUT2D eigenvalue weighted by Crippen LogP contribution is -2.27. The van der Waals surface area contributed by atoms with Crippen LogP contribution in [0.4, 0.5) is 18.9 Å². The minimum Gasteiger partial charge on any atom is -0.388 e. The molecule has 1 rings (SSSR count). The van der Waals surface area contributed by atoms with Crippen LogP contribution in [-0.4, -0.2) is 31.4 Å². The molecule has 0 radical (unpaired) electrons. The van der Waals surface area contributed by atoms with Gasteiger partial charge in [0.1, 0.15) is 0 Å². The Hall–Kier alpha value is -1.72. The van der Waals surface area contributed by atoms with Crippen LogP contribution in [0.5, 0.6) is 0 Å². The van der Waals surface area contributed by atoms with E-state index in [0.29, 0.717) is 6.54 Å². The highest BCUT2D eigenvalue weighted by Crippen LogP contribution is 2.35. The van der Waals surface area contributed by atoms with E-state index in [9.17, 15) is 18.0 Å². The van der Waals surface area contributed by atoms with Crippen molar-refractivity contribution in [2.45, 2.75) is 19.5 Å². The lowest BCUT2D eigenvalue weighted by atomic mass is 10.1. The van der Waals surface area contributed by atoms with Gasteiger partial charge in [-0.15, -0.1) is 0 Å². The SMILES string of the molecule is CCCN(C)C(=O)c1ccc(NC)c(C(F)(F)F)c1. The number of carbonyl (C=O) groups is 1. The monoisotopic (exact) mass is 274 g/mol. The third-order valence-electron chi connectivity index (χ3n) is 2.75. The highest BCUT2D eigenvalue weighted by atomic mass is 19.4. The molecule has 0 aliphatic carbocycles. The van der Waals surface area contributed by atoms with Gasteiger partial charge in [-0.1, -0.05) is 6.92 Å². The Balaban J connectivity index is 3.15. The van der Waals surface area contributed by atoms with E-state index in [2.05, 4.69) is 5.32 Å². The van der Waals surface area contributed by atoms with E-state index in [1.807, 2.05) is 6.92 Å². The number of rotatable bonds is 4. The van der Waals surface area contributed by atoms with Crippen molar-refractivity contribution in [3.05, 3.63) is 29.3 Å². The second kappa shape index (κ2) is 5.95. The molecule has 0 aliphatic heterocycles. The fourth-order valence-corrected chi connectivity index (χ4v) is 1.79. The fourth-order valence-electron chi connectivity index (χ4n) is 1.79. The number of nitrogens with one attached hydrogen (secondary N) is 1. The smallest absolute Gasteiger partial charge is 0.388 e. The van der Waals surface area contributed by atoms with Crippen molar-refractivity contribution in [1.29, 1.82) is 0 Å². The lowest BCUT2D eigenvalue weighted by Gasteiger charge is -2.18. The van der Waals surface area contributed by atoms with Gasteiger partial charge in [0.25, 0.3) is 5.91 Å². The standard InChI is InChI=1S/C13H17F3N2O/c1-4-7-18(3)12(19)9-5-6-11(17-2)10(8-9)13(14,15)16/h5-6,8,17H,4,7H2,1-3H3. The number of benzene rings is 1. The topological polar surface area (TPSA) is 32.3 Å². The zero-order valence-electron chi connectivity index (χ0n) is 11.1. The fraction of sp³-hybridized carbons (Fsp3) is 0.462. The molecule has 1 amide bonds. The van der Waals surface area contributed by atoms with Crippen LogP contribution in [0.25, 0.3) is 0 Å². The van der Waals surface area contributed by atoms with Crippen molar-refractivity contribution >= 4 is 11.6 Å². The third-order valence-corrected chi connectivity index (χ3v) is 2.75. The van der Waals surface area contributed by atoms with Crippen molar-refractivity contribution in [3.63, 3.8) is 0 Å². The average molecular weight is 274 g/mol. The van der Waals surface area contributed by atoms with Gasteiger partial charge in [-0.05, 0) is 24.6 Å². The van der Waals surface area contributed by atoms with E-state index < -0.39 is 17.6 Å². The summed E-state index contributed by atoms with van der Waals surface area (Å²) in [7, 11) is 2.99. The van der Waals surface area contributed by atoms with Gasteiger partial charge in [0.2, 0.25) is 0 Å². The average Bonchev–Trinajstić information content (AvgIpc) is 2.36. The first-order valence-electron chi connectivity index (χ1n) is 5.95. The highest BCUT2D eigenvalue weighted by molar-refractivity contribution is 5.94. The first-order valence-corrected chi connectivity index (χ1v) is 5.95. The molecular weight excluding hydrogens is 257 g/mol. The molecule has 106 valence electrons. The number of carbonyl (C=O) groups excluding carboxylic acids is 1. The summed E-state index contributed by atoms with van der Waals surface area (Å²) < 4.78 is 38.6. The molecule has 1 aromatic rings. The second-order valence-electron chi connectivity index (χ2n) is 4.23. The highest BCUT2D eigenvalue weighted by Gasteiger charge is 2.34. The largest absolute Gasteiger partial charge is 0.418 e. The third kappa shape index (κ3) is 3.62. The van der Waals surface area contributed by atoms with Crippen LogP contribution in [0.2, 0.25) is 0 Å². The molecule has 0 saturated heterocycles. The summed E-state index contributed by atoms with van der Waals surface area (Å²) in [6.07, 6.45) is -3.74. The van der Waals surface area contributed by atoms with Crippen LogP contribution in [0.15, 0.2) is 18.2 Å². The van der Waals surface area contributed by atoms with Crippen LogP contribution in [0.3, 0.4) is 0 Å². The molecule has 19 heavy (non-hydrogen) atoms. The number of amides is 1. The van der Waals surface area contributed by atoms with Crippen molar-refractivity contribution < 1.29 is 18.0 Å². The molecule has 0 atom stereocenters. The summed E-state index contributed by atoms with van der Waals surface area (Å²) in [6, 6.07) is 3.56. The Labute approximate surface area is 110 Å². The molecule has 0 fully saturated rings. The molecule has 1 N–H and O–H groups in total. The molecule has 0 aliphatic rings. The maximum absolute atomic E-state index is 12.9. The van der Waals surface area contributed by atoms with E-state index >= 15 is 0 Å². The summed E-state index contributed by atoms with van der Waals surface area (Å²) in [4.78, 5) is 13.4. The Bertz CT molecular complexity index is 458. The van der Waals surface area contributed by atoms with Gasteiger partial charge >= 0.3 is 6.18 Å². The second-order valence-corrected chi connectivity index (χ2v) is 4.23. The minimum absolute atomic E-state index is 0.0396. The van der Waals surface area contributed by atoms with E-state index in [1.54, 1.807) is 7.05 Å². The summed E-state index contributed by atoms with van der Waals surface area (Å²) >= 11 is 0. The maximum Gasteiger partial charge on any atom is 0.418 e. The Morgan fingerprint density at radius 1 is 1.37 bits per heavy atom. The first kappa shape index (κ1) is 15.3. The van der Waals surface area contributed by atoms with Gasteiger partial charge in [0, 0.05) is 31.9 Å². The maximum atomic E-state index is 12.9. The number of anilines is 1. The molecule has 3 nitrogen and oxygen atoms in total. The molecular formula is C13H17F3N2O. The lowest BCUT2D eigenvalue weighted by molar-refractivity contribution is -0.136. The van der Waals surface area contributed by atoms with E-state index in [4.69, 9.17) is 0 Å². The van der Waals surface area contributed by atoms with Gasteiger partial charge in [-0.25, -0.2) is 0 Å². The number of nitrogens with zero attached hydrogens (tertiary/aromatic N) is 1. The summed E-state index contributed by atoms with van der Waals surface area (Å²) in [5, 5.41) is 2.48. The predicted octanol–water partition coefficient (Wildman–Crippen LogP) is 3.23. The van der Waals surface area contributed by atoms with Gasteiger partial charge in [0.15, 0.2) is 0 Å². The van der Waals surface area contributed by atoms with Crippen molar-refractivity contribution in [2.75, 3.05) is 26.0 Å². The summed E-state index contributed by atoms with van der Waals surface area (Å²) in [5.74, 6) is -0.407. The van der Waals surface area contributed by atoms with E-state index in [-0.39, 0.29) is 11.3 Å². The van der Waals surface area contributed by atoms with Crippen molar-refractivity contribution in [2.24, 2.45) is 0 Å². The zero-order chi connectivity index (χ0) is 14.6. The van der Waals surface area contributed by atoms with Crippen LogP contribution < -0.4 is 5.32 Å². The molecule has 0 unspecified atom stereocenters.